The van der Waals surface area contributed by atoms with Crippen molar-refractivity contribution in [2.75, 3.05) is 42.1 Å². The lowest BCUT2D eigenvalue weighted by Crippen LogP contribution is -2.57. The van der Waals surface area contributed by atoms with Crippen LogP contribution in [0.3, 0.4) is 0 Å². The Morgan fingerprint density at radius 2 is 1.70 bits per heavy atom. The zero-order chi connectivity index (χ0) is 50.0. The van der Waals surface area contributed by atoms with Gasteiger partial charge in [0.15, 0.2) is 5.82 Å². The molecule has 0 radical (unpaired) electrons. The van der Waals surface area contributed by atoms with Crippen LogP contribution >= 0.6 is 34.7 Å². The van der Waals surface area contributed by atoms with E-state index in [9.17, 15) is 29.1 Å². The summed E-state index contributed by atoms with van der Waals surface area (Å²) in [5, 5.41) is 22.8. The van der Waals surface area contributed by atoms with E-state index >= 15 is 0 Å². The van der Waals surface area contributed by atoms with Gasteiger partial charge in [-0.25, -0.2) is 15.0 Å². The Morgan fingerprint density at radius 3 is 2.36 bits per heavy atom. The molecule has 372 valence electrons. The van der Waals surface area contributed by atoms with Gasteiger partial charge in [-0.1, -0.05) is 87.3 Å². The summed E-state index contributed by atoms with van der Waals surface area (Å²) in [6.07, 6.45) is 4.97. The van der Waals surface area contributed by atoms with Crippen LogP contribution in [0.5, 0.6) is 0 Å². The standard InChI is InChI=1S/C49H66ClN11O6S2/c1-29(31-15-17-32(18-16-31)42-30(2)55-28-68-42)56-45(66)35-24-33(62)27-61(35)47(67)43(48(3,4)5)59-38(63)14-9-7-8-10-21-53-39(64)25-40(65)57-34-12-11-13-36(41(34)50)69-46-44(51)58-37(26-54-46)60-22-19-49(6,52)20-23-60/h11-13,15-18,26,28-29,33,35,43,62H,7-10,14,19-25,27,52H2,1-6H3,(H2,51,58)(H,53,64)(H,56,66)(H,57,65)(H,59,63)/t29-,33+,35-,43+/m0/s1. The van der Waals surface area contributed by atoms with Crippen LogP contribution in [0.2, 0.25) is 5.02 Å². The smallest absolute Gasteiger partial charge is 0.246 e. The number of hydrogen-bond donors (Lipinski definition) is 7. The highest BCUT2D eigenvalue weighted by Crippen LogP contribution is 2.39. The molecule has 2 aliphatic heterocycles. The topological polar surface area (TPSA) is 251 Å². The number of nitrogen functional groups attached to an aromatic ring is 1. The van der Waals surface area contributed by atoms with E-state index < -0.39 is 47.7 Å². The fourth-order valence-corrected chi connectivity index (χ4v) is 10.2. The molecule has 6 rings (SSSR count). The molecule has 0 bridgehead atoms. The normalized spacial score (nSPS) is 17.8. The molecule has 17 nitrogen and oxygen atoms in total. The predicted molar refractivity (Wildman–Crippen MR) is 272 cm³/mol. The van der Waals surface area contributed by atoms with Gasteiger partial charge in [-0.3, -0.25) is 24.0 Å². The fraction of sp³-hybridized carbons (Fsp3) is 0.510. The molecular formula is C49H66ClN11O6S2. The zero-order valence-electron chi connectivity index (χ0n) is 40.3. The maximum absolute atomic E-state index is 14.1. The van der Waals surface area contributed by atoms with E-state index in [0.29, 0.717) is 47.2 Å². The monoisotopic (exact) mass is 1000 g/mol. The lowest BCUT2D eigenvalue weighted by Gasteiger charge is -2.37. The number of hydrogen-bond acceptors (Lipinski definition) is 14. The second-order valence-electron chi connectivity index (χ2n) is 19.4. The molecule has 69 heavy (non-hydrogen) atoms. The minimum absolute atomic E-state index is 0.0160. The molecule has 2 saturated heterocycles. The van der Waals surface area contributed by atoms with Gasteiger partial charge in [0.05, 0.1) is 45.1 Å². The molecule has 9 N–H and O–H groups in total. The number of nitrogens with zero attached hydrogens (tertiary/aromatic N) is 5. The summed E-state index contributed by atoms with van der Waals surface area (Å²) in [6, 6.07) is 10.9. The van der Waals surface area contributed by atoms with Gasteiger partial charge in [0.25, 0.3) is 0 Å². The van der Waals surface area contributed by atoms with Crippen molar-refractivity contribution in [3.8, 4) is 10.4 Å². The molecule has 5 amide bonds. The van der Waals surface area contributed by atoms with Gasteiger partial charge in [0.1, 0.15) is 29.3 Å². The summed E-state index contributed by atoms with van der Waals surface area (Å²) in [6.45, 7) is 13.3. The minimum atomic E-state index is -0.927. The van der Waals surface area contributed by atoms with E-state index in [1.807, 2.05) is 71.3 Å². The number of rotatable bonds is 19. The quantitative estimate of drug-likeness (QED) is 0.0399. The summed E-state index contributed by atoms with van der Waals surface area (Å²) < 4.78 is 0. The number of nitrogens with one attached hydrogen (secondary N) is 4. The number of aliphatic hydroxyl groups excluding tert-OH is 1. The number of halogens is 1. The third-order valence-electron chi connectivity index (χ3n) is 12.5. The van der Waals surface area contributed by atoms with Crippen molar-refractivity contribution in [2.24, 2.45) is 11.1 Å². The predicted octanol–water partition coefficient (Wildman–Crippen LogP) is 6.38. The number of carbonyl (C=O) groups is 5. The number of β-amino-alcohol motifs (C(OH)–C–C–N with tert-alkyl or cyclic N) is 1. The number of anilines is 3. The van der Waals surface area contributed by atoms with Gasteiger partial charge in [-0.15, -0.1) is 11.3 Å². The minimum Gasteiger partial charge on any atom is -0.391 e. The third kappa shape index (κ3) is 14.6. The molecule has 0 aliphatic carbocycles. The molecule has 0 unspecified atom stereocenters. The molecule has 2 aliphatic rings. The highest BCUT2D eigenvalue weighted by molar-refractivity contribution is 7.99. The Morgan fingerprint density at radius 1 is 0.986 bits per heavy atom. The average molecular weight is 1000 g/mol. The Hall–Kier alpha value is -5.34. The number of thiazole rings is 1. The Balaban J connectivity index is 0.888. The highest BCUT2D eigenvalue weighted by atomic mass is 35.5. The van der Waals surface area contributed by atoms with Gasteiger partial charge >= 0.3 is 0 Å². The Labute approximate surface area is 417 Å². The number of benzene rings is 2. The van der Waals surface area contributed by atoms with E-state index in [4.69, 9.17) is 23.1 Å². The first-order valence-electron chi connectivity index (χ1n) is 23.5. The van der Waals surface area contributed by atoms with Crippen molar-refractivity contribution in [1.82, 2.24) is 35.8 Å². The summed E-state index contributed by atoms with van der Waals surface area (Å²) in [5.41, 5.74) is 16.7. The van der Waals surface area contributed by atoms with E-state index in [1.54, 1.807) is 35.7 Å². The van der Waals surface area contributed by atoms with Crippen LogP contribution in [-0.4, -0.2) is 104 Å². The number of unbranched alkanes of at least 4 members (excludes halogenated alkanes) is 3. The van der Waals surface area contributed by atoms with Crippen molar-refractivity contribution >= 4 is 81.6 Å². The summed E-state index contributed by atoms with van der Waals surface area (Å²) in [5.74, 6) is -1.10. The zero-order valence-corrected chi connectivity index (χ0v) is 42.7. The first kappa shape index (κ1) is 53.0. The van der Waals surface area contributed by atoms with Gasteiger partial charge in [0, 0.05) is 49.5 Å². The van der Waals surface area contributed by atoms with Gasteiger partial charge < -0.3 is 47.6 Å². The van der Waals surface area contributed by atoms with Gasteiger partial charge in [-0.05, 0) is 75.1 Å². The van der Waals surface area contributed by atoms with Crippen molar-refractivity contribution in [1.29, 1.82) is 0 Å². The van der Waals surface area contributed by atoms with E-state index in [-0.39, 0.29) is 53.6 Å². The van der Waals surface area contributed by atoms with Crippen LogP contribution in [0.4, 0.5) is 17.3 Å². The van der Waals surface area contributed by atoms with Gasteiger partial charge in [0.2, 0.25) is 29.5 Å². The molecule has 2 aromatic heterocycles. The van der Waals surface area contributed by atoms with Gasteiger partial charge in [-0.2, -0.15) is 0 Å². The van der Waals surface area contributed by atoms with Crippen molar-refractivity contribution < 1.29 is 29.1 Å². The van der Waals surface area contributed by atoms with E-state index in [2.05, 4.69) is 41.1 Å². The molecule has 0 saturated carbocycles. The maximum atomic E-state index is 14.1. The number of aryl methyl sites for hydroxylation is 1. The lowest BCUT2D eigenvalue weighted by molar-refractivity contribution is -0.144. The SMILES string of the molecule is Cc1ncsc1-c1ccc([C@H](C)NC(=O)[C@@H]2C[C@@H](O)CN2C(=O)[C@@H](NC(=O)CCCCCCNC(=O)CC(=O)Nc2cccc(Sc3ncc(N4CCC(C)(N)CC4)nc3N)c2Cl)C(C)(C)C)cc1. The molecule has 2 fully saturated rings. The molecule has 4 aromatic rings. The number of aromatic nitrogens is 3. The van der Waals surface area contributed by atoms with Crippen molar-refractivity contribution in [3.05, 3.63) is 70.5 Å². The van der Waals surface area contributed by atoms with Crippen LogP contribution in [-0.2, 0) is 24.0 Å². The molecule has 0 spiro atoms. The van der Waals surface area contributed by atoms with E-state index in [0.717, 1.165) is 54.0 Å². The van der Waals surface area contributed by atoms with Crippen LogP contribution in [0.25, 0.3) is 10.4 Å². The van der Waals surface area contributed by atoms with Crippen LogP contribution in [0.1, 0.15) is 110 Å². The van der Waals surface area contributed by atoms with Crippen LogP contribution < -0.4 is 37.6 Å². The summed E-state index contributed by atoms with van der Waals surface area (Å²) in [7, 11) is 0. The summed E-state index contributed by atoms with van der Waals surface area (Å²) >= 11 is 9.47. The van der Waals surface area contributed by atoms with Crippen LogP contribution in [0.15, 0.2) is 64.1 Å². The highest BCUT2D eigenvalue weighted by Gasteiger charge is 2.44. The molecule has 4 atom stereocenters. The number of amides is 5. The average Bonchev–Trinajstić information content (AvgIpc) is 3.91. The van der Waals surface area contributed by atoms with Crippen molar-refractivity contribution in [2.45, 2.75) is 139 Å². The second-order valence-corrected chi connectivity index (χ2v) is 21.7. The first-order valence-corrected chi connectivity index (χ1v) is 25.5. The molecular weight excluding hydrogens is 938 g/mol. The Bertz CT molecular complexity index is 2450. The number of nitrogens with two attached hydrogens (primary N) is 2. The Kier molecular flexibility index (Phi) is 18.1. The number of aliphatic hydroxyl groups is 1. The lowest BCUT2D eigenvalue weighted by atomic mass is 9.85. The molecule has 20 heteroatoms. The second kappa shape index (κ2) is 23.5. The number of likely N-dealkylation sites (tertiary alicyclic amines) is 1. The van der Waals surface area contributed by atoms with E-state index in [1.165, 1.54) is 16.7 Å². The number of carbonyl (C=O) groups excluding carboxylic acids is 5. The third-order valence-corrected chi connectivity index (χ3v) is 15.0. The molecule has 4 heterocycles. The first-order chi connectivity index (χ1) is 32.7. The maximum Gasteiger partial charge on any atom is 0.246 e. The molecule has 2 aromatic carbocycles. The fourth-order valence-electron chi connectivity index (χ4n) is 8.29. The number of piperidine rings is 1. The largest absolute Gasteiger partial charge is 0.391 e. The summed E-state index contributed by atoms with van der Waals surface area (Å²) in [4.78, 5) is 85.0. The van der Waals surface area contributed by atoms with Crippen molar-refractivity contribution in [3.63, 3.8) is 0 Å². The van der Waals surface area contributed by atoms with Crippen LogP contribution in [0, 0.1) is 12.3 Å².